The van der Waals surface area contributed by atoms with Gasteiger partial charge in [-0.25, -0.2) is 4.79 Å². The highest BCUT2D eigenvalue weighted by molar-refractivity contribution is 5.92. The Hall–Kier alpha value is -2.96. The van der Waals surface area contributed by atoms with Crippen LogP contribution in [0.15, 0.2) is 36.4 Å². The van der Waals surface area contributed by atoms with E-state index in [0.29, 0.717) is 23.8 Å². The van der Waals surface area contributed by atoms with Crippen molar-refractivity contribution in [2.24, 2.45) is 5.92 Å². The highest BCUT2D eigenvalue weighted by Gasteiger charge is 2.25. The molecular weight excluding hydrogens is 320 g/mol. The average molecular weight is 340 g/mol. The summed E-state index contributed by atoms with van der Waals surface area (Å²) in [6, 6.07) is 10.3. The second-order valence-electron chi connectivity index (χ2n) is 5.84. The number of esters is 1. The molecule has 0 atom stereocenters. The number of anilines is 3. The van der Waals surface area contributed by atoms with Crippen LogP contribution in [0, 0.1) is 5.92 Å². The molecule has 1 heterocycles. The molecule has 0 unspecified atom stereocenters. The van der Waals surface area contributed by atoms with E-state index in [0.717, 1.165) is 24.9 Å². The maximum Gasteiger partial charge on any atom is 0.338 e. The van der Waals surface area contributed by atoms with E-state index in [4.69, 9.17) is 4.74 Å². The minimum atomic E-state index is -0.347. The molecule has 1 aliphatic carbocycles. The fraction of sp³-hybridized carbons (Fsp3) is 0.333. The van der Waals surface area contributed by atoms with E-state index in [1.807, 2.05) is 0 Å². The number of carbonyl (C=O) groups excluding carboxylic acids is 2. The molecule has 25 heavy (non-hydrogen) atoms. The molecule has 2 aromatic rings. The maximum atomic E-state index is 11.9. The summed E-state index contributed by atoms with van der Waals surface area (Å²) in [6.45, 7) is 2.11. The molecule has 1 aliphatic rings. The first-order chi connectivity index (χ1) is 12.2. The zero-order chi connectivity index (χ0) is 17.6. The SMILES string of the molecule is CCOC(=O)c1ccc(Nc2ccc(NC(=O)C3CCC3)nn2)cc1. The van der Waals surface area contributed by atoms with E-state index in [1.54, 1.807) is 43.3 Å². The third-order valence-electron chi connectivity index (χ3n) is 4.06. The molecule has 3 rings (SSSR count). The number of amides is 1. The first-order valence-electron chi connectivity index (χ1n) is 8.34. The van der Waals surface area contributed by atoms with Crippen LogP contribution in [0.5, 0.6) is 0 Å². The largest absolute Gasteiger partial charge is 0.462 e. The van der Waals surface area contributed by atoms with Gasteiger partial charge in [-0.15, -0.1) is 10.2 Å². The molecule has 1 aromatic heterocycles. The number of aromatic nitrogens is 2. The third kappa shape index (κ3) is 4.32. The molecule has 7 nitrogen and oxygen atoms in total. The van der Waals surface area contributed by atoms with Crippen LogP contribution in [0.3, 0.4) is 0 Å². The minimum Gasteiger partial charge on any atom is -0.462 e. The van der Waals surface area contributed by atoms with Crippen molar-refractivity contribution in [2.75, 3.05) is 17.2 Å². The second kappa shape index (κ2) is 7.74. The molecule has 130 valence electrons. The summed E-state index contributed by atoms with van der Waals surface area (Å²) in [5, 5.41) is 13.9. The number of hydrogen-bond donors (Lipinski definition) is 2. The molecule has 0 radical (unpaired) electrons. The van der Waals surface area contributed by atoms with Crippen LogP contribution in [0.1, 0.15) is 36.5 Å². The van der Waals surface area contributed by atoms with Gasteiger partial charge in [0.15, 0.2) is 11.6 Å². The summed E-state index contributed by atoms with van der Waals surface area (Å²) in [5.41, 5.74) is 1.26. The molecule has 7 heteroatoms. The van der Waals surface area contributed by atoms with Gasteiger partial charge >= 0.3 is 5.97 Å². The Morgan fingerprint density at radius 3 is 2.32 bits per heavy atom. The van der Waals surface area contributed by atoms with Crippen molar-refractivity contribution < 1.29 is 14.3 Å². The number of nitrogens with zero attached hydrogens (tertiary/aromatic N) is 2. The van der Waals surface area contributed by atoms with E-state index in [1.165, 1.54) is 0 Å². The van der Waals surface area contributed by atoms with Crippen molar-refractivity contribution in [3.63, 3.8) is 0 Å². The zero-order valence-corrected chi connectivity index (χ0v) is 14.0. The van der Waals surface area contributed by atoms with Gasteiger partial charge in [0.05, 0.1) is 12.2 Å². The van der Waals surface area contributed by atoms with Gasteiger partial charge in [0, 0.05) is 11.6 Å². The van der Waals surface area contributed by atoms with Gasteiger partial charge in [-0.2, -0.15) is 0 Å². The quantitative estimate of drug-likeness (QED) is 0.785. The number of rotatable bonds is 6. The zero-order valence-electron chi connectivity index (χ0n) is 14.0. The molecule has 1 saturated carbocycles. The Bertz CT molecular complexity index is 740. The minimum absolute atomic E-state index is 0.0100. The highest BCUT2D eigenvalue weighted by atomic mass is 16.5. The monoisotopic (exact) mass is 340 g/mol. The van der Waals surface area contributed by atoms with Crippen LogP contribution in [-0.2, 0) is 9.53 Å². The predicted octanol–water partition coefficient (Wildman–Crippen LogP) is 3.14. The van der Waals surface area contributed by atoms with Crippen molar-refractivity contribution in [1.29, 1.82) is 0 Å². The van der Waals surface area contributed by atoms with Crippen LogP contribution in [-0.4, -0.2) is 28.7 Å². The number of nitrogens with one attached hydrogen (secondary N) is 2. The van der Waals surface area contributed by atoms with Gasteiger partial charge in [-0.3, -0.25) is 4.79 Å². The average Bonchev–Trinajstić information content (AvgIpc) is 2.56. The summed E-state index contributed by atoms with van der Waals surface area (Å²) in [4.78, 5) is 23.5. The van der Waals surface area contributed by atoms with E-state index >= 15 is 0 Å². The molecule has 1 aromatic carbocycles. The molecule has 0 spiro atoms. The lowest BCUT2D eigenvalue weighted by atomic mass is 9.85. The lowest BCUT2D eigenvalue weighted by Gasteiger charge is -2.23. The number of benzene rings is 1. The lowest BCUT2D eigenvalue weighted by Crippen LogP contribution is -2.28. The molecule has 1 amide bonds. The summed E-state index contributed by atoms with van der Waals surface area (Å²) >= 11 is 0. The Kier molecular flexibility index (Phi) is 5.23. The van der Waals surface area contributed by atoms with Crippen LogP contribution in [0.4, 0.5) is 17.3 Å². The Morgan fingerprint density at radius 1 is 1.08 bits per heavy atom. The van der Waals surface area contributed by atoms with Gasteiger partial charge in [0.25, 0.3) is 0 Å². The first-order valence-corrected chi connectivity index (χ1v) is 8.34. The summed E-state index contributed by atoms with van der Waals surface area (Å²) in [7, 11) is 0. The summed E-state index contributed by atoms with van der Waals surface area (Å²) in [5.74, 6) is 0.763. The second-order valence-corrected chi connectivity index (χ2v) is 5.84. The van der Waals surface area contributed by atoms with Gasteiger partial charge in [-0.05, 0) is 56.2 Å². The molecule has 0 aliphatic heterocycles. The van der Waals surface area contributed by atoms with Gasteiger partial charge < -0.3 is 15.4 Å². The number of carbonyl (C=O) groups is 2. The molecule has 2 N–H and O–H groups in total. The maximum absolute atomic E-state index is 11.9. The van der Waals surface area contributed by atoms with Gasteiger partial charge in [0.2, 0.25) is 5.91 Å². The number of ether oxygens (including phenoxy) is 1. The number of hydrogen-bond acceptors (Lipinski definition) is 6. The lowest BCUT2D eigenvalue weighted by molar-refractivity contribution is -0.122. The third-order valence-corrected chi connectivity index (χ3v) is 4.06. The van der Waals surface area contributed by atoms with Crippen molar-refractivity contribution in [3.8, 4) is 0 Å². The van der Waals surface area contributed by atoms with Crippen LogP contribution >= 0.6 is 0 Å². The normalized spacial score (nSPS) is 13.6. The molecule has 0 saturated heterocycles. The standard InChI is InChI=1S/C18H20N4O3/c1-2-25-18(24)13-6-8-14(9-7-13)19-15-10-11-16(22-21-15)20-17(23)12-4-3-5-12/h6-12H,2-5H2,1H3,(H,19,21)(H,20,22,23). The van der Waals surface area contributed by atoms with E-state index < -0.39 is 0 Å². The Labute approximate surface area is 145 Å². The fourth-order valence-corrected chi connectivity index (χ4v) is 2.42. The van der Waals surface area contributed by atoms with Crippen LogP contribution in [0.2, 0.25) is 0 Å². The molecule has 0 bridgehead atoms. The summed E-state index contributed by atoms with van der Waals surface area (Å²) in [6.07, 6.45) is 3.00. The first kappa shape index (κ1) is 16.9. The Morgan fingerprint density at radius 2 is 1.76 bits per heavy atom. The predicted molar refractivity (Wildman–Crippen MR) is 93.7 cm³/mol. The van der Waals surface area contributed by atoms with Gasteiger partial charge in [0.1, 0.15) is 0 Å². The topological polar surface area (TPSA) is 93.2 Å². The smallest absolute Gasteiger partial charge is 0.338 e. The van der Waals surface area contributed by atoms with E-state index in [9.17, 15) is 9.59 Å². The van der Waals surface area contributed by atoms with E-state index in [2.05, 4.69) is 20.8 Å². The Balaban J connectivity index is 1.57. The van der Waals surface area contributed by atoms with Crippen molar-refractivity contribution in [3.05, 3.63) is 42.0 Å². The van der Waals surface area contributed by atoms with Crippen molar-refractivity contribution in [1.82, 2.24) is 10.2 Å². The van der Waals surface area contributed by atoms with Crippen molar-refractivity contribution >= 4 is 29.2 Å². The van der Waals surface area contributed by atoms with E-state index in [-0.39, 0.29) is 17.8 Å². The fourth-order valence-electron chi connectivity index (χ4n) is 2.42. The molecule has 1 fully saturated rings. The van der Waals surface area contributed by atoms with Crippen LogP contribution in [0.25, 0.3) is 0 Å². The highest BCUT2D eigenvalue weighted by Crippen LogP contribution is 2.27. The summed E-state index contributed by atoms with van der Waals surface area (Å²) < 4.78 is 4.94. The van der Waals surface area contributed by atoms with Crippen molar-refractivity contribution in [2.45, 2.75) is 26.2 Å². The van der Waals surface area contributed by atoms with Gasteiger partial charge in [-0.1, -0.05) is 6.42 Å². The van der Waals surface area contributed by atoms with Crippen LogP contribution < -0.4 is 10.6 Å². The molecular formula is C18H20N4O3.